The number of amides is 1. The molecule has 1 heterocycles. The predicted octanol–water partition coefficient (Wildman–Crippen LogP) is 1.70. The van der Waals surface area contributed by atoms with Gasteiger partial charge in [-0.1, -0.05) is 0 Å². The minimum absolute atomic E-state index is 0.176. The van der Waals surface area contributed by atoms with Gasteiger partial charge in [0.1, 0.15) is 5.60 Å². The van der Waals surface area contributed by atoms with Crippen molar-refractivity contribution in [2.24, 2.45) is 0 Å². The Bertz CT molecular complexity index is 289. The number of hydrogen-bond acceptors (Lipinski definition) is 4. The van der Waals surface area contributed by atoms with Gasteiger partial charge in [0, 0.05) is 25.7 Å². The molecule has 5 heteroatoms. The zero-order chi connectivity index (χ0) is 14.5. The topological polar surface area (TPSA) is 53.0 Å². The number of likely N-dealkylation sites (tertiary alicyclic amines) is 1. The molecule has 0 aliphatic carbocycles. The monoisotopic (exact) mass is 272 g/mol. The first-order chi connectivity index (χ1) is 8.87. The highest BCUT2D eigenvalue weighted by atomic mass is 16.6. The van der Waals surface area contributed by atoms with Gasteiger partial charge < -0.3 is 14.7 Å². The summed E-state index contributed by atoms with van der Waals surface area (Å²) in [5, 5.41) is 9.05. The standard InChI is InChI=1S/C14H28N2O3/c1-5-15(13(18)19-14(2,3)4)11-12-7-6-8-16(12)9-10-17/h12,17H,5-11H2,1-4H3/t12-/m0/s1. The third kappa shape index (κ3) is 5.37. The van der Waals surface area contributed by atoms with E-state index in [-0.39, 0.29) is 12.7 Å². The number of ether oxygens (including phenoxy) is 1. The fourth-order valence-corrected chi connectivity index (χ4v) is 2.44. The summed E-state index contributed by atoms with van der Waals surface area (Å²) in [4.78, 5) is 16.1. The van der Waals surface area contributed by atoms with E-state index in [1.54, 1.807) is 4.90 Å². The molecule has 5 nitrogen and oxygen atoms in total. The second-order valence-corrected chi connectivity index (χ2v) is 6.07. The molecule has 1 aliphatic heterocycles. The summed E-state index contributed by atoms with van der Waals surface area (Å²) in [5.41, 5.74) is -0.453. The van der Waals surface area contributed by atoms with E-state index in [0.29, 0.717) is 25.7 Å². The molecule has 1 rings (SSSR count). The number of β-amino-alcohol motifs (C(OH)–C–C–N with tert-alkyl or cyclic N) is 1. The molecular weight excluding hydrogens is 244 g/mol. The van der Waals surface area contributed by atoms with Crippen LogP contribution in [0.3, 0.4) is 0 Å². The van der Waals surface area contributed by atoms with E-state index in [9.17, 15) is 4.79 Å². The zero-order valence-corrected chi connectivity index (χ0v) is 12.7. The number of rotatable bonds is 5. The summed E-state index contributed by atoms with van der Waals surface area (Å²) < 4.78 is 5.42. The fourth-order valence-electron chi connectivity index (χ4n) is 2.44. The third-order valence-corrected chi connectivity index (χ3v) is 3.35. The van der Waals surface area contributed by atoms with Crippen LogP contribution in [0.4, 0.5) is 4.79 Å². The first-order valence-corrected chi connectivity index (χ1v) is 7.20. The molecule has 1 amide bonds. The van der Waals surface area contributed by atoms with E-state index in [1.165, 1.54) is 0 Å². The van der Waals surface area contributed by atoms with Gasteiger partial charge in [-0.3, -0.25) is 4.90 Å². The number of likely N-dealkylation sites (N-methyl/N-ethyl adjacent to an activating group) is 1. The maximum absolute atomic E-state index is 12.1. The van der Waals surface area contributed by atoms with Crippen LogP contribution in [0.2, 0.25) is 0 Å². The van der Waals surface area contributed by atoms with E-state index < -0.39 is 5.60 Å². The molecule has 0 unspecified atom stereocenters. The van der Waals surface area contributed by atoms with Crippen LogP contribution in [0.5, 0.6) is 0 Å². The van der Waals surface area contributed by atoms with Crippen molar-refractivity contribution < 1.29 is 14.6 Å². The number of hydrogen-bond donors (Lipinski definition) is 1. The van der Waals surface area contributed by atoms with Crippen LogP contribution >= 0.6 is 0 Å². The van der Waals surface area contributed by atoms with Crippen LogP contribution in [0.15, 0.2) is 0 Å². The van der Waals surface area contributed by atoms with Gasteiger partial charge in [0.25, 0.3) is 0 Å². The second-order valence-electron chi connectivity index (χ2n) is 6.07. The molecule has 1 atom stereocenters. The SMILES string of the molecule is CCN(C[C@@H]1CCCN1CCO)C(=O)OC(C)(C)C. The largest absolute Gasteiger partial charge is 0.444 e. The summed E-state index contributed by atoms with van der Waals surface area (Å²) in [6, 6.07) is 0.347. The van der Waals surface area contributed by atoms with Gasteiger partial charge in [-0.05, 0) is 47.1 Å². The molecule has 0 aromatic carbocycles. The van der Waals surface area contributed by atoms with E-state index in [2.05, 4.69) is 4.90 Å². The van der Waals surface area contributed by atoms with Gasteiger partial charge in [0.05, 0.1) is 6.61 Å². The van der Waals surface area contributed by atoms with Gasteiger partial charge in [0.15, 0.2) is 0 Å². The number of carbonyl (C=O) groups excluding carboxylic acids is 1. The maximum Gasteiger partial charge on any atom is 0.410 e. The van der Waals surface area contributed by atoms with E-state index in [0.717, 1.165) is 19.4 Å². The Kier molecular flexibility index (Phi) is 6.07. The third-order valence-electron chi connectivity index (χ3n) is 3.35. The van der Waals surface area contributed by atoms with E-state index in [1.807, 2.05) is 27.7 Å². The molecule has 1 N–H and O–H groups in total. The molecule has 112 valence electrons. The van der Waals surface area contributed by atoms with E-state index in [4.69, 9.17) is 9.84 Å². The average molecular weight is 272 g/mol. The Balaban J connectivity index is 2.53. The molecule has 0 spiro atoms. The maximum atomic E-state index is 12.1. The Hall–Kier alpha value is -0.810. The van der Waals surface area contributed by atoms with Gasteiger partial charge in [-0.15, -0.1) is 0 Å². The normalized spacial score (nSPS) is 20.6. The second kappa shape index (κ2) is 7.10. The summed E-state index contributed by atoms with van der Waals surface area (Å²) in [6.07, 6.45) is 1.97. The first-order valence-electron chi connectivity index (χ1n) is 7.20. The van der Waals surface area contributed by atoms with Crippen LogP contribution < -0.4 is 0 Å². The highest BCUT2D eigenvalue weighted by Gasteiger charge is 2.29. The van der Waals surface area contributed by atoms with Crippen molar-refractivity contribution in [3.8, 4) is 0 Å². The summed E-state index contributed by atoms with van der Waals surface area (Å²) in [5.74, 6) is 0. The quantitative estimate of drug-likeness (QED) is 0.827. The number of carbonyl (C=O) groups is 1. The van der Waals surface area contributed by atoms with Crippen molar-refractivity contribution in [3.63, 3.8) is 0 Å². The molecule has 0 aromatic rings. The summed E-state index contributed by atoms with van der Waals surface area (Å²) >= 11 is 0. The Morgan fingerprint density at radius 3 is 2.68 bits per heavy atom. The molecular formula is C14H28N2O3. The van der Waals surface area contributed by atoms with E-state index >= 15 is 0 Å². The van der Waals surface area contributed by atoms with Gasteiger partial charge >= 0.3 is 6.09 Å². The summed E-state index contributed by atoms with van der Waals surface area (Å²) in [7, 11) is 0. The lowest BCUT2D eigenvalue weighted by atomic mass is 10.2. The van der Waals surface area contributed by atoms with Gasteiger partial charge in [-0.2, -0.15) is 0 Å². The fraction of sp³-hybridized carbons (Fsp3) is 0.929. The van der Waals surface area contributed by atoms with Gasteiger partial charge in [-0.25, -0.2) is 4.79 Å². The highest BCUT2D eigenvalue weighted by Crippen LogP contribution is 2.19. The van der Waals surface area contributed by atoms with Crippen molar-refractivity contribution in [3.05, 3.63) is 0 Å². The lowest BCUT2D eigenvalue weighted by Gasteiger charge is -2.31. The zero-order valence-electron chi connectivity index (χ0n) is 12.7. The Morgan fingerprint density at radius 1 is 1.47 bits per heavy atom. The molecule has 0 aromatic heterocycles. The van der Waals surface area contributed by atoms with Crippen molar-refractivity contribution in [2.45, 2.75) is 52.2 Å². The molecule has 1 saturated heterocycles. The van der Waals surface area contributed by atoms with Crippen LogP contribution in [0.1, 0.15) is 40.5 Å². The molecule has 0 radical (unpaired) electrons. The lowest BCUT2D eigenvalue weighted by molar-refractivity contribution is 0.0211. The number of aliphatic hydroxyl groups is 1. The molecule has 1 fully saturated rings. The minimum atomic E-state index is -0.453. The smallest absolute Gasteiger partial charge is 0.410 e. The molecule has 0 saturated carbocycles. The van der Waals surface area contributed by atoms with Crippen molar-refractivity contribution >= 4 is 6.09 Å². The van der Waals surface area contributed by atoms with Crippen LogP contribution in [-0.4, -0.2) is 65.4 Å². The molecule has 19 heavy (non-hydrogen) atoms. The Morgan fingerprint density at radius 2 is 2.16 bits per heavy atom. The predicted molar refractivity (Wildman–Crippen MR) is 75.2 cm³/mol. The number of nitrogens with zero attached hydrogens (tertiary/aromatic N) is 2. The van der Waals surface area contributed by atoms with Crippen molar-refractivity contribution in [1.82, 2.24) is 9.80 Å². The van der Waals surface area contributed by atoms with Crippen LogP contribution in [0.25, 0.3) is 0 Å². The van der Waals surface area contributed by atoms with Crippen LogP contribution in [-0.2, 0) is 4.74 Å². The highest BCUT2D eigenvalue weighted by molar-refractivity contribution is 5.68. The lowest BCUT2D eigenvalue weighted by Crippen LogP contribution is -2.45. The molecule has 1 aliphatic rings. The van der Waals surface area contributed by atoms with Crippen molar-refractivity contribution in [2.75, 3.05) is 32.8 Å². The summed E-state index contributed by atoms with van der Waals surface area (Å²) in [6.45, 7) is 10.8. The van der Waals surface area contributed by atoms with Gasteiger partial charge in [0.2, 0.25) is 0 Å². The number of aliphatic hydroxyl groups excluding tert-OH is 1. The first kappa shape index (κ1) is 16.2. The Labute approximate surface area is 116 Å². The van der Waals surface area contributed by atoms with Crippen LogP contribution in [0, 0.1) is 0 Å². The van der Waals surface area contributed by atoms with Crippen molar-refractivity contribution in [1.29, 1.82) is 0 Å². The molecule has 0 bridgehead atoms. The minimum Gasteiger partial charge on any atom is -0.444 e. The average Bonchev–Trinajstić information content (AvgIpc) is 2.71.